The first-order valence-electron chi connectivity index (χ1n) is 9.07. The summed E-state index contributed by atoms with van der Waals surface area (Å²) in [4.78, 5) is 16.3. The first-order valence-corrected chi connectivity index (χ1v) is 9.45. The Kier molecular flexibility index (Phi) is 4.06. The van der Waals surface area contributed by atoms with Crippen LogP contribution in [0.25, 0.3) is 11.4 Å². The van der Waals surface area contributed by atoms with Crippen LogP contribution < -0.4 is 0 Å². The molecule has 6 nitrogen and oxygen atoms in total. The first-order chi connectivity index (χ1) is 12.2. The maximum Gasteiger partial charge on any atom is 0.246 e. The third kappa shape index (κ3) is 3.22. The quantitative estimate of drug-likeness (QED) is 0.826. The van der Waals surface area contributed by atoms with Gasteiger partial charge in [-0.2, -0.15) is 4.80 Å². The molecule has 26 heavy (non-hydrogen) atoms. The fraction of sp³-hybridized carbons (Fsp3) is 0.579. The molecule has 2 heterocycles. The number of likely N-dealkylation sites (tertiary alicyclic amines) is 1. The number of rotatable bonds is 3. The van der Waals surface area contributed by atoms with E-state index in [9.17, 15) is 4.79 Å². The molecule has 1 aromatic heterocycles. The highest BCUT2D eigenvalue weighted by atomic mass is 35.5. The second kappa shape index (κ2) is 6.05. The first kappa shape index (κ1) is 17.5. The van der Waals surface area contributed by atoms with E-state index in [0.29, 0.717) is 16.9 Å². The average molecular weight is 374 g/mol. The predicted molar refractivity (Wildman–Crippen MR) is 99.5 cm³/mol. The van der Waals surface area contributed by atoms with Gasteiger partial charge in [0.15, 0.2) is 0 Å². The molecule has 1 aliphatic heterocycles. The van der Waals surface area contributed by atoms with Gasteiger partial charge in [-0.05, 0) is 47.4 Å². The van der Waals surface area contributed by atoms with E-state index >= 15 is 0 Å². The standard InChI is InChI=1S/C19H24ClN5O/c1-18(2)8-13-9-19(3,11-18)12-24(13)16(26)10-25-22-17(21-23-25)14-6-4-5-7-15(14)20/h4-7,13H,8-12H2,1-3H3/t13-,19-/m1/s1. The van der Waals surface area contributed by atoms with Crippen molar-refractivity contribution in [1.82, 2.24) is 25.1 Å². The average Bonchev–Trinajstić information content (AvgIpc) is 3.08. The van der Waals surface area contributed by atoms with E-state index in [1.165, 1.54) is 11.2 Å². The summed E-state index contributed by atoms with van der Waals surface area (Å²) >= 11 is 6.19. The van der Waals surface area contributed by atoms with Crippen molar-refractivity contribution >= 4 is 17.5 Å². The molecule has 0 unspecified atom stereocenters. The molecule has 4 rings (SSSR count). The van der Waals surface area contributed by atoms with Crippen molar-refractivity contribution in [3.63, 3.8) is 0 Å². The van der Waals surface area contributed by atoms with Gasteiger partial charge in [0.1, 0.15) is 6.54 Å². The zero-order chi connectivity index (χ0) is 18.5. The monoisotopic (exact) mass is 373 g/mol. The van der Waals surface area contributed by atoms with Crippen LogP contribution in [0.3, 0.4) is 0 Å². The fourth-order valence-electron chi connectivity index (χ4n) is 5.02. The summed E-state index contributed by atoms with van der Waals surface area (Å²) in [6, 6.07) is 7.68. The number of hydrogen-bond donors (Lipinski definition) is 0. The van der Waals surface area contributed by atoms with Crippen LogP contribution in [0.1, 0.15) is 40.0 Å². The molecule has 2 aliphatic rings. The Morgan fingerprint density at radius 1 is 1.27 bits per heavy atom. The molecule has 7 heteroatoms. The number of halogens is 1. The Bertz CT molecular complexity index is 848. The number of amides is 1. The summed E-state index contributed by atoms with van der Waals surface area (Å²) in [7, 11) is 0. The van der Waals surface area contributed by atoms with Crippen LogP contribution >= 0.6 is 11.6 Å². The molecule has 2 aromatic rings. The van der Waals surface area contributed by atoms with Crippen molar-refractivity contribution in [2.24, 2.45) is 10.8 Å². The van der Waals surface area contributed by atoms with E-state index in [0.717, 1.165) is 24.9 Å². The SMILES string of the molecule is CC1(C)C[C@@H]2C[C@@](C)(CN2C(=O)Cn2nnc(-c3ccccc3Cl)n2)C1. The van der Waals surface area contributed by atoms with Crippen LogP contribution in [-0.2, 0) is 11.3 Å². The third-order valence-corrected chi connectivity index (χ3v) is 5.91. The van der Waals surface area contributed by atoms with Gasteiger partial charge in [0.2, 0.25) is 11.7 Å². The Labute approximate surface area is 158 Å². The second-order valence-corrected chi connectivity index (χ2v) is 9.27. The molecule has 1 saturated carbocycles. The lowest BCUT2D eigenvalue weighted by atomic mass is 9.65. The van der Waals surface area contributed by atoms with Crippen molar-refractivity contribution in [2.45, 2.75) is 52.6 Å². The highest BCUT2D eigenvalue weighted by Gasteiger charge is 2.50. The zero-order valence-corrected chi connectivity index (χ0v) is 16.2. The molecule has 0 radical (unpaired) electrons. The second-order valence-electron chi connectivity index (χ2n) is 8.86. The molecular weight excluding hydrogens is 350 g/mol. The minimum Gasteiger partial charge on any atom is -0.337 e. The molecule has 1 aromatic carbocycles. The van der Waals surface area contributed by atoms with Gasteiger partial charge in [-0.25, -0.2) is 0 Å². The molecule has 1 aliphatic carbocycles. The maximum atomic E-state index is 12.9. The number of fused-ring (bicyclic) bond motifs is 2. The lowest BCUT2D eigenvalue weighted by Gasteiger charge is -2.39. The van der Waals surface area contributed by atoms with Gasteiger partial charge in [0.05, 0.1) is 5.02 Å². The predicted octanol–water partition coefficient (Wildman–Crippen LogP) is 3.42. The van der Waals surface area contributed by atoms with Crippen LogP contribution in [0.2, 0.25) is 5.02 Å². The largest absolute Gasteiger partial charge is 0.337 e. The number of carbonyl (C=O) groups excluding carboxylic acids is 1. The number of benzene rings is 1. The molecule has 0 N–H and O–H groups in total. The molecule has 2 bridgehead atoms. The number of carbonyl (C=O) groups is 1. The van der Waals surface area contributed by atoms with E-state index in [2.05, 4.69) is 36.2 Å². The van der Waals surface area contributed by atoms with E-state index in [1.807, 2.05) is 23.1 Å². The molecule has 0 spiro atoms. The van der Waals surface area contributed by atoms with Gasteiger partial charge < -0.3 is 4.90 Å². The van der Waals surface area contributed by atoms with Crippen LogP contribution in [0.4, 0.5) is 0 Å². The third-order valence-electron chi connectivity index (χ3n) is 5.58. The molecule has 138 valence electrons. The number of hydrogen-bond acceptors (Lipinski definition) is 4. The fourth-order valence-corrected chi connectivity index (χ4v) is 5.24. The van der Waals surface area contributed by atoms with E-state index < -0.39 is 0 Å². The maximum absolute atomic E-state index is 12.9. The Morgan fingerprint density at radius 3 is 2.81 bits per heavy atom. The highest BCUT2D eigenvalue weighted by molar-refractivity contribution is 6.33. The number of aromatic nitrogens is 4. The molecule has 2 atom stereocenters. The summed E-state index contributed by atoms with van der Waals surface area (Å²) < 4.78 is 0. The summed E-state index contributed by atoms with van der Waals surface area (Å²) in [5.41, 5.74) is 1.23. The van der Waals surface area contributed by atoms with Gasteiger partial charge in [-0.1, -0.05) is 44.5 Å². The van der Waals surface area contributed by atoms with Gasteiger partial charge in [0, 0.05) is 18.2 Å². The zero-order valence-electron chi connectivity index (χ0n) is 15.4. The minimum atomic E-state index is 0.0690. The smallest absolute Gasteiger partial charge is 0.246 e. The summed E-state index contributed by atoms with van der Waals surface area (Å²) in [6.07, 6.45) is 3.32. The van der Waals surface area contributed by atoms with Crippen LogP contribution in [-0.4, -0.2) is 43.6 Å². The van der Waals surface area contributed by atoms with Crippen molar-refractivity contribution in [1.29, 1.82) is 0 Å². The van der Waals surface area contributed by atoms with E-state index in [-0.39, 0.29) is 23.3 Å². The number of nitrogens with zero attached hydrogens (tertiary/aromatic N) is 5. The molecular formula is C19H24ClN5O. The van der Waals surface area contributed by atoms with Crippen molar-refractivity contribution in [3.8, 4) is 11.4 Å². The number of tetrazole rings is 1. The Balaban J connectivity index is 1.49. The molecule has 2 fully saturated rings. The van der Waals surface area contributed by atoms with Crippen LogP contribution in [0, 0.1) is 10.8 Å². The van der Waals surface area contributed by atoms with E-state index in [4.69, 9.17) is 11.6 Å². The van der Waals surface area contributed by atoms with Crippen LogP contribution in [0.5, 0.6) is 0 Å². The van der Waals surface area contributed by atoms with E-state index in [1.54, 1.807) is 6.07 Å². The van der Waals surface area contributed by atoms with Crippen molar-refractivity contribution in [3.05, 3.63) is 29.3 Å². The lowest BCUT2D eigenvalue weighted by molar-refractivity contribution is -0.133. The van der Waals surface area contributed by atoms with Crippen LogP contribution in [0.15, 0.2) is 24.3 Å². The summed E-state index contributed by atoms with van der Waals surface area (Å²) in [5, 5.41) is 13.0. The molecule has 1 saturated heterocycles. The summed E-state index contributed by atoms with van der Waals surface area (Å²) in [6.45, 7) is 7.86. The molecule has 1 amide bonds. The van der Waals surface area contributed by atoms with Gasteiger partial charge >= 0.3 is 0 Å². The van der Waals surface area contributed by atoms with Crippen molar-refractivity contribution in [2.75, 3.05) is 6.54 Å². The lowest BCUT2D eigenvalue weighted by Crippen LogP contribution is -2.39. The normalized spacial score (nSPS) is 26.9. The van der Waals surface area contributed by atoms with Gasteiger partial charge in [0.25, 0.3) is 0 Å². The Hall–Kier alpha value is -1.95. The van der Waals surface area contributed by atoms with Gasteiger partial charge in [-0.3, -0.25) is 4.79 Å². The minimum absolute atomic E-state index is 0.0690. The van der Waals surface area contributed by atoms with Crippen molar-refractivity contribution < 1.29 is 4.79 Å². The Morgan fingerprint density at radius 2 is 2.04 bits per heavy atom. The highest BCUT2D eigenvalue weighted by Crippen LogP contribution is 2.52. The topological polar surface area (TPSA) is 63.9 Å². The van der Waals surface area contributed by atoms with Gasteiger partial charge in [-0.15, -0.1) is 10.2 Å². The summed E-state index contributed by atoms with van der Waals surface area (Å²) in [5.74, 6) is 0.510.